The number of carbonyl (C=O) groups excluding carboxylic acids is 1. The number of thiazole rings is 1. The van der Waals surface area contributed by atoms with Crippen LogP contribution in [0.15, 0.2) is 10.2 Å². The van der Waals surface area contributed by atoms with Crippen molar-refractivity contribution >= 4 is 17.2 Å². The number of amides is 1. The second-order valence-electron chi connectivity index (χ2n) is 3.92. The molecule has 1 heterocycles. The van der Waals surface area contributed by atoms with E-state index >= 15 is 0 Å². The number of rotatable bonds is 7. The average molecular weight is 257 g/mol. The zero-order valence-corrected chi connectivity index (χ0v) is 11.0. The molecular weight excluding hydrogens is 238 g/mol. The van der Waals surface area contributed by atoms with Crippen LogP contribution in [-0.2, 0) is 11.3 Å². The predicted octanol–water partition coefficient (Wildman–Crippen LogP) is 0.831. The van der Waals surface area contributed by atoms with E-state index in [-0.39, 0.29) is 16.8 Å². The Bertz CT molecular complexity index is 399. The van der Waals surface area contributed by atoms with Crippen LogP contribution in [0, 0.1) is 0 Å². The second-order valence-corrected chi connectivity index (χ2v) is 4.76. The van der Waals surface area contributed by atoms with E-state index in [1.165, 1.54) is 0 Å². The number of unbranched alkanes of at least 4 members (excludes halogenated alkanes) is 1. The third kappa shape index (κ3) is 5.14. The van der Waals surface area contributed by atoms with Gasteiger partial charge >= 0.3 is 4.87 Å². The number of nitrogens with one attached hydrogen (secondary N) is 3. The molecule has 5 nitrogen and oxygen atoms in total. The van der Waals surface area contributed by atoms with Gasteiger partial charge < -0.3 is 15.6 Å². The molecule has 0 fully saturated rings. The van der Waals surface area contributed by atoms with Crippen LogP contribution in [0.2, 0.25) is 0 Å². The Balaban J connectivity index is 2.26. The molecule has 1 unspecified atom stereocenters. The van der Waals surface area contributed by atoms with Crippen molar-refractivity contribution in [3.63, 3.8) is 0 Å². The molecule has 1 atom stereocenters. The Morgan fingerprint density at radius 2 is 2.35 bits per heavy atom. The summed E-state index contributed by atoms with van der Waals surface area (Å²) in [5.74, 6) is -0.00368. The van der Waals surface area contributed by atoms with E-state index in [1.54, 1.807) is 5.38 Å². The van der Waals surface area contributed by atoms with Crippen LogP contribution in [0.4, 0.5) is 0 Å². The van der Waals surface area contributed by atoms with Gasteiger partial charge in [-0.05, 0) is 13.3 Å². The molecule has 0 aliphatic rings. The van der Waals surface area contributed by atoms with E-state index in [2.05, 4.69) is 22.5 Å². The average Bonchev–Trinajstić information content (AvgIpc) is 2.72. The van der Waals surface area contributed by atoms with Gasteiger partial charge in [0.2, 0.25) is 5.91 Å². The first-order valence-corrected chi connectivity index (χ1v) is 6.69. The maximum Gasteiger partial charge on any atom is 0.304 e. The highest BCUT2D eigenvalue weighted by molar-refractivity contribution is 7.07. The number of carbonyl (C=O) groups is 1. The van der Waals surface area contributed by atoms with Crippen LogP contribution in [0.25, 0.3) is 0 Å². The SMILES string of the molecule is CCCCNC(=O)C(C)NCc1csc(=O)[nH]1. The fraction of sp³-hybridized carbons (Fsp3) is 0.636. The Morgan fingerprint density at radius 3 is 2.94 bits per heavy atom. The first kappa shape index (κ1) is 13.9. The van der Waals surface area contributed by atoms with Crippen molar-refractivity contribution in [3.05, 3.63) is 20.7 Å². The minimum absolute atomic E-state index is 0.00368. The number of aromatic amines is 1. The van der Waals surface area contributed by atoms with Gasteiger partial charge in [-0.25, -0.2) is 0 Å². The summed E-state index contributed by atoms with van der Waals surface area (Å²) in [4.78, 5) is 25.1. The van der Waals surface area contributed by atoms with Gasteiger partial charge in [-0.3, -0.25) is 9.59 Å². The molecule has 0 aliphatic carbocycles. The maximum atomic E-state index is 11.6. The Labute approximate surface area is 105 Å². The van der Waals surface area contributed by atoms with Crippen molar-refractivity contribution in [1.29, 1.82) is 0 Å². The van der Waals surface area contributed by atoms with Crippen molar-refractivity contribution in [2.75, 3.05) is 6.54 Å². The molecular formula is C11H19N3O2S. The zero-order chi connectivity index (χ0) is 12.7. The molecule has 0 saturated carbocycles. The molecule has 3 N–H and O–H groups in total. The summed E-state index contributed by atoms with van der Waals surface area (Å²) in [5, 5.41) is 7.68. The summed E-state index contributed by atoms with van der Waals surface area (Å²) in [5.41, 5.74) is 0.813. The van der Waals surface area contributed by atoms with E-state index in [0.717, 1.165) is 36.4 Å². The highest BCUT2D eigenvalue weighted by Crippen LogP contribution is 1.95. The standard InChI is InChI=1S/C11H19N3O2S/c1-3-4-5-12-10(15)8(2)13-6-9-7-17-11(16)14-9/h7-8,13H,3-6H2,1-2H3,(H,12,15)(H,14,16). The normalized spacial score (nSPS) is 12.4. The molecule has 1 amide bonds. The smallest absolute Gasteiger partial charge is 0.304 e. The van der Waals surface area contributed by atoms with E-state index in [0.29, 0.717) is 6.54 Å². The highest BCUT2D eigenvalue weighted by Gasteiger charge is 2.11. The summed E-state index contributed by atoms with van der Waals surface area (Å²) >= 11 is 1.13. The molecule has 0 saturated heterocycles. The minimum Gasteiger partial charge on any atom is -0.355 e. The lowest BCUT2D eigenvalue weighted by atomic mass is 10.3. The van der Waals surface area contributed by atoms with Crippen molar-refractivity contribution in [2.45, 2.75) is 39.3 Å². The topological polar surface area (TPSA) is 74.0 Å². The number of H-pyrrole nitrogens is 1. The summed E-state index contributed by atoms with van der Waals surface area (Å²) in [7, 11) is 0. The van der Waals surface area contributed by atoms with Gasteiger partial charge in [0.15, 0.2) is 0 Å². The second kappa shape index (κ2) is 7.24. The molecule has 6 heteroatoms. The summed E-state index contributed by atoms with van der Waals surface area (Å²) in [6.07, 6.45) is 2.06. The van der Waals surface area contributed by atoms with Crippen LogP contribution in [0.1, 0.15) is 32.4 Å². The monoisotopic (exact) mass is 257 g/mol. The Hall–Kier alpha value is -1.14. The molecule has 0 aliphatic heterocycles. The van der Waals surface area contributed by atoms with E-state index in [1.807, 2.05) is 6.92 Å². The molecule has 0 bridgehead atoms. The molecule has 0 spiro atoms. The van der Waals surface area contributed by atoms with Crippen LogP contribution in [0.5, 0.6) is 0 Å². The molecule has 0 radical (unpaired) electrons. The first-order chi connectivity index (χ1) is 8.13. The molecule has 1 aromatic heterocycles. The molecule has 17 heavy (non-hydrogen) atoms. The van der Waals surface area contributed by atoms with E-state index < -0.39 is 0 Å². The van der Waals surface area contributed by atoms with E-state index in [9.17, 15) is 9.59 Å². The first-order valence-electron chi connectivity index (χ1n) is 5.81. The van der Waals surface area contributed by atoms with Crippen molar-refractivity contribution < 1.29 is 4.79 Å². The third-order valence-corrected chi connectivity index (χ3v) is 3.11. The Morgan fingerprint density at radius 1 is 1.59 bits per heavy atom. The molecule has 1 aromatic rings. The number of aromatic nitrogens is 1. The van der Waals surface area contributed by atoms with Crippen LogP contribution < -0.4 is 15.5 Å². The lowest BCUT2D eigenvalue weighted by molar-refractivity contribution is -0.122. The van der Waals surface area contributed by atoms with Gasteiger partial charge in [0.1, 0.15) is 0 Å². The lowest BCUT2D eigenvalue weighted by Gasteiger charge is -2.13. The van der Waals surface area contributed by atoms with Crippen LogP contribution in [0.3, 0.4) is 0 Å². The number of hydrogen-bond donors (Lipinski definition) is 3. The maximum absolute atomic E-state index is 11.6. The third-order valence-electron chi connectivity index (χ3n) is 2.39. The molecule has 96 valence electrons. The lowest BCUT2D eigenvalue weighted by Crippen LogP contribution is -2.42. The number of hydrogen-bond acceptors (Lipinski definition) is 4. The van der Waals surface area contributed by atoms with Crippen molar-refractivity contribution in [1.82, 2.24) is 15.6 Å². The zero-order valence-electron chi connectivity index (χ0n) is 10.2. The van der Waals surface area contributed by atoms with Gasteiger partial charge in [0, 0.05) is 24.2 Å². The summed E-state index contributed by atoms with van der Waals surface area (Å²) < 4.78 is 0. The van der Waals surface area contributed by atoms with Crippen molar-refractivity contribution in [2.24, 2.45) is 0 Å². The summed E-state index contributed by atoms with van der Waals surface area (Å²) in [6.45, 7) is 5.12. The highest BCUT2D eigenvalue weighted by atomic mass is 32.1. The minimum atomic E-state index is -0.254. The quantitative estimate of drug-likeness (QED) is 0.633. The molecule has 1 rings (SSSR count). The Kier molecular flexibility index (Phi) is 5.93. The van der Waals surface area contributed by atoms with Gasteiger partial charge in [0.05, 0.1) is 6.04 Å². The van der Waals surface area contributed by atoms with Gasteiger partial charge in [-0.15, -0.1) is 0 Å². The molecule has 0 aromatic carbocycles. The van der Waals surface area contributed by atoms with Crippen molar-refractivity contribution in [3.8, 4) is 0 Å². The van der Waals surface area contributed by atoms with Gasteiger partial charge in [-0.1, -0.05) is 24.7 Å². The van der Waals surface area contributed by atoms with Gasteiger partial charge in [-0.2, -0.15) is 0 Å². The summed E-state index contributed by atoms with van der Waals surface area (Å²) in [6, 6.07) is -0.254. The van der Waals surface area contributed by atoms with Crippen LogP contribution in [-0.4, -0.2) is 23.5 Å². The largest absolute Gasteiger partial charge is 0.355 e. The van der Waals surface area contributed by atoms with Crippen LogP contribution >= 0.6 is 11.3 Å². The fourth-order valence-corrected chi connectivity index (χ4v) is 1.88. The fourth-order valence-electron chi connectivity index (χ4n) is 1.30. The van der Waals surface area contributed by atoms with Gasteiger partial charge in [0.25, 0.3) is 0 Å². The predicted molar refractivity (Wildman–Crippen MR) is 69.2 cm³/mol. The van der Waals surface area contributed by atoms with E-state index in [4.69, 9.17) is 0 Å².